The van der Waals surface area contributed by atoms with E-state index in [4.69, 9.17) is 18.6 Å². The Morgan fingerprint density at radius 1 is 0.971 bits per heavy atom. The zero-order valence-electron chi connectivity index (χ0n) is 18.7. The van der Waals surface area contributed by atoms with Crippen molar-refractivity contribution in [2.75, 3.05) is 26.4 Å². The zero-order chi connectivity index (χ0) is 24.7. The monoisotopic (exact) mass is 479 g/mol. The standard InChI is InChI=1S/C24H24F3NO6/c1-3-31-19-8-5-15(11-21(19)32-4-2)9-10-28-22(29)14-33-16-6-7-17-18(24(25,26)27)13-23(30)34-20(17)12-16/h5-8,11-13H,3-4,9-10,14H2,1-2H3,(H,28,29). The van der Waals surface area contributed by atoms with Crippen LogP contribution in [0.5, 0.6) is 17.2 Å². The maximum atomic E-state index is 13.1. The van der Waals surface area contributed by atoms with Gasteiger partial charge in [-0.3, -0.25) is 4.79 Å². The maximum absolute atomic E-state index is 13.1. The van der Waals surface area contributed by atoms with E-state index in [9.17, 15) is 22.8 Å². The lowest BCUT2D eigenvalue weighted by molar-refractivity contribution is -0.136. The van der Waals surface area contributed by atoms with Crippen molar-refractivity contribution in [2.24, 2.45) is 0 Å². The lowest BCUT2D eigenvalue weighted by Gasteiger charge is -2.13. The fourth-order valence-electron chi connectivity index (χ4n) is 3.26. The molecule has 7 nitrogen and oxygen atoms in total. The highest BCUT2D eigenvalue weighted by atomic mass is 19.4. The summed E-state index contributed by atoms with van der Waals surface area (Å²) in [6.45, 7) is 4.75. The summed E-state index contributed by atoms with van der Waals surface area (Å²) >= 11 is 0. The van der Waals surface area contributed by atoms with E-state index in [0.29, 0.717) is 43.7 Å². The minimum Gasteiger partial charge on any atom is -0.490 e. The van der Waals surface area contributed by atoms with Crippen LogP contribution in [0.1, 0.15) is 25.0 Å². The summed E-state index contributed by atoms with van der Waals surface area (Å²) in [5.74, 6) is 0.965. The number of hydrogen-bond donors (Lipinski definition) is 1. The van der Waals surface area contributed by atoms with E-state index in [1.54, 1.807) is 0 Å². The van der Waals surface area contributed by atoms with Crippen molar-refractivity contribution in [1.29, 1.82) is 0 Å². The van der Waals surface area contributed by atoms with Crippen LogP contribution in [0.15, 0.2) is 51.7 Å². The first-order chi connectivity index (χ1) is 16.2. The van der Waals surface area contributed by atoms with Gasteiger partial charge in [0.2, 0.25) is 0 Å². The van der Waals surface area contributed by atoms with Crippen molar-refractivity contribution in [3.05, 3.63) is 64.0 Å². The molecule has 1 N–H and O–H groups in total. The second-order valence-electron chi connectivity index (χ2n) is 7.17. The molecule has 0 aliphatic carbocycles. The molecule has 0 bridgehead atoms. The molecule has 1 amide bonds. The van der Waals surface area contributed by atoms with Crippen LogP contribution >= 0.6 is 0 Å². The van der Waals surface area contributed by atoms with Crippen LogP contribution in [0.25, 0.3) is 11.0 Å². The topological polar surface area (TPSA) is 87.0 Å². The summed E-state index contributed by atoms with van der Waals surface area (Å²) < 4.78 is 60.7. The predicted octanol–water partition coefficient (Wildman–Crippen LogP) is 4.35. The highest BCUT2D eigenvalue weighted by molar-refractivity contribution is 5.82. The number of halogens is 3. The highest BCUT2D eigenvalue weighted by Gasteiger charge is 2.33. The lowest BCUT2D eigenvalue weighted by Crippen LogP contribution is -2.30. The minimum atomic E-state index is -4.71. The number of alkyl halides is 3. The number of ether oxygens (including phenoxy) is 3. The molecule has 0 unspecified atom stereocenters. The number of amides is 1. The van der Waals surface area contributed by atoms with Crippen LogP contribution < -0.4 is 25.2 Å². The molecule has 0 atom stereocenters. The van der Waals surface area contributed by atoms with Crippen LogP contribution in [0.4, 0.5) is 13.2 Å². The molecule has 1 aromatic heterocycles. The van der Waals surface area contributed by atoms with Crippen LogP contribution in [-0.4, -0.2) is 32.3 Å². The second kappa shape index (κ2) is 11.0. The fraction of sp³-hybridized carbons (Fsp3) is 0.333. The average Bonchev–Trinajstić information content (AvgIpc) is 2.78. The molecule has 1 heterocycles. The quantitative estimate of drug-likeness (QED) is 0.435. The molecule has 182 valence electrons. The number of rotatable bonds is 10. The zero-order valence-corrected chi connectivity index (χ0v) is 18.7. The van der Waals surface area contributed by atoms with E-state index in [1.165, 1.54) is 6.07 Å². The van der Waals surface area contributed by atoms with Gasteiger partial charge in [-0.05, 0) is 50.1 Å². The number of benzene rings is 2. The molecule has 0 aliphatic heterocycles. The molecule has 34 heavy (non-hydrogen) atoms. The first-order valence-corrected chi connectivity index (χ1v) is 10.6. The van der Waals surface area contributed by atoms with E-state index in [0.717, 1.165) is 17.7 Å². The van der Waals surface area contributed by atoms with E-state index in [2.05, 4.69) is 5.32 Å². The van der Waals surface area contributed by atoms with Gasteiger partial charge in [-0.25, -0.2) is 4.79 Å². The van der Waals surface area contributed by atoms with Crippen molar-refractivity contribution in [1.82, 2.24) is 5.32 Å². The molecule has 10 heteroatoms. The summed E-state index contributed by atoms with van der Waals surface area (Å²) in [7, 11) is 0. The van der Waals surface area contributed by atoms with Gasteiger partial charge in [0.1, 0.15) is 11.3 Å². The number of nitrogens with one attached hydrogen (secondary N) is 1. The Morgan fingerprint density at radius 2 is 1.71 bits per heavy atom. The van der Waals surface area contributed by atoms with Gasteiger partial charge in [0.25, 0.3) is 5.91 Å². The molecule has 0 spiro atoms. The van der Waals surface area contributed by atoms with Crippen molar-refractivity contribution in [2.45, 2.75) is 26.4 Å². The lowest BCUT2D eigenvalue weighted by atomic mass is 10.1. The molecule has 0 saturated carbocycles. The van der Waals surface area contributed by atoms with Gasteiger partial charge in [-0.2, -0.15) is 13.2 Å². The molecule has 0 saturated heterocycles. The summed E-state index contributed by atoms with van der Waals surface area (Å²) in [6, 6.07) is 9.52. The van der Waals surface area contributed by atoms with Gasteiger partial charge >= 0.3 is 11.8 Å². The van der Waals surface area contributed by atoms with E-state index in [1.807, 2.05) is 32.0 Å². The van der Waals surface area contributed by atoms with E-state index in [-0.39, 0.29) is 23.3 Å². The van der Waals surface area contributed by atoms with Gasteiger partial charge in [-0.15, -0.1) is 0 Å². The Balaban J connectivity index is 1.56. The molecular formula is C24H24F3NO6. The number of carbonyl (C=O) groups is 1. The third-order valence-corrected chi connectivity index (χ3v) is 4.73. The van der Waals surface area contributed by atoms with Crippen molar-refractivity contribution in [3.63, 3.8) is 0 Å². The SMILES string of the molecule is CCOc1ccc(CCNC(=O)COc2ccc3c(C(F)(F)F)cc(=O)oc3c2)cc1OCC. The highest BCUT2D eigenvalue weighted by Crippen LogP contribution is 2.34. The third kappa shape index (κ3) is 6.43. The molecule has 0 aliphatic rings. The van der Waals surface area contributed by atoms with Crippen molar-refractivity contribution >= 4 is 16.9 Å². The van der Waals surface area contributed by atoms with Gasteiger partial charge in [-0.1, -0.05) is 6.07 Å². The number of carbonyl (C=O) groups excluding carboxylic acids is 1. The molecule has 3 aromatic rings. The largest absolute Gasteiger partial charge is 0.490 e. The van der Waals surface area contributed by atoms with Gasteiger partial charge in [0.15, 0.2) is 18.1 Å². The third-order valence-electron chi connectivity index (χ3n) is 4.73. The maximum Gasteiger partial charge on any atom is 0.417 e. The Kier molecular flexibility index (Phi) is 8.04. The number of hydrogen-bond acceptors (Lipinski definition) is 6. The van der Waals surface area contributed by atoms with Crippen LogP contribution in [0.3, 0.4) is 0 Å². The Bertz CT molecular complexity index is 1210. The van der Waals surface area contributed by atoms with E-state index < -0.39 is 23.3 Å². The number of fused-ring (bicyclic) bond motifs is 1. The Labute approximate surface area is 193 Å². The van der Waals surface area contributed by atoms with Gasteiger partial charge in [0, 0.05) is 24.1 Å². The molecule has 2 aromatic carbocycles. The summed E-state index contributed by atoms with van der Waals surface area (Å²) in [6.07, 6.45) is -4.16. The summed E-state index contributed by atoms with van der Waals surface area (Å²) in [4.78, 5) is 23.6. The van der Waals surface area contributed by atoms with Crippen molar-refractivity contribution < 1.29 is 36.6 Å². The van der Waals surface area contributed by atoms with Crippen molar-refractivity contribution in [3.8, 4) is 17.2 Å². The second-order valence-corrected chi connectivity index (χ2v) is 7.17. The smallest absolute Gasteiger partial charge is 0.417 e. The molecular weight excluding hydrogens is 455 g/mol. The van der Waals surface area contributed by atoms with Crippen LogP contribution in [0.2, 0.25) is 0 Å². The first kappa shape index (κ1) is 24.9. The van der Waals surface area contributed by atoms with Gasteiger partial charge < -0.3 is 23.9 Å². The Morgan fingerprint density at radius 3 is 2.41 bits per heavy atom. The average molecular weight is 479 g/mol. The fourth-order valence-corrected chi connectivity index (χ4v) is 3.26. The summed E-state index contributed by atoms with van der Waals surface area (Å²) in [5.41, 5.74) is -1.56. The van der Waals surface area contributed by atoms with E-state index >= 15 is 0 Å². The van der Waals surface area contributed by atoms with Crippen LogP contribution in [-0.2, 0) is 17.4 Å². The first-order valence-electron chi connectivity index (χ1n) is 10.6. The van der Waals surface area contributed by atoms with Crippen LogP contribution in [0, 0.1) is 0 Å². The molecule has 0 radical (unpaired) electrons. The molecule has 3 rings (SSSR count). The molecule has 0 fully saturated rings. The normalized spacial score (nSPS) is 11.3. The Hall–Kier alpha value is -3.69. The summed E-state index contributed by atoms with van der Waals surface area (Å²) in [5, 5.41) is 2.44. The minimum absolute atomic E-state index is 0.0954. The predicted molar refractivity (Wildman–Crippen MR) is 118 cm³/mol. The van der Waals surface area contributed by atoms with Gasteiger partial charge in [0.05, 0.1) is 18.8 Å².